The van der Waals surface area contributed by atoms with Gasteiger partial charge in [-0.3, -0.25) is 4.79 Å². The maximum Gasteiger partial charge on any atom is 0.254 e. The first-order valence-corrected chi connectivity index (χ1v) is 13.1. The predicted octanol–water partition coefficient (Wildman–Crippen LogP) is 6.11. The number of carbonyl (C=O) groups is 1. The van der Waals surface area contributed by atoms with E-state index in [2.05, 4.69) is 21.2 Å². The molecule has 1 N–H and O–H groups in total. The van der Waals surface area contributed by atoms with Crippen LogP contribution in [0.3, 0.4) is 0 Å². The Morgan fingerprint density at radius 1 is 1.27 bits per heavy atom. The summed E-state index contributed by atoms with van der Waals surface area (Å²) in [5, 5.41) is 12.9. The van der Waals surface area contributed by atoms with Gasteiger partial charge < -0.3 is 14.8 Å². The number of fused-ring (bicyclic) bond motifs is 1. The Morgan fingerprint density at radius 2 is 2.06 bits per heavy atom. The van der Waals surface area contributed by atoms with Crippen molar-refractivity contribution >= 4 is 44.4 Å². The van der Waals surface area contributed by atoms with E-state index >= 15 is 0 Å². The molecule has 1 aromatic carbocycles. The highest BCUT2D eigenvalue weighted by molar-refractivity contribution is 9.10. The molecule has 0 saturated heterocycles. The molecule has 2 aliphatic carbocycles. The first-order chi connectivity index (χ1) is 16.1. The molecule has 1 aromatic heterocycles. The van der Waals surface area contributed by atoms with Crippen LogP contribution in [-0.2, 0) is 12.8 Å². The molecule has 1 heterocycles. The molecule has 174 valence electrons. The molecule has 0 bridgehead atoms. The number of thiophene rings is 1. The van der Waals surface area contributed by atoms with Gasteiger partial charge in [-0.25, -0.2) is 4.99 Å². The predicted molar refractivity (Wildman–Crippen MR) is 134 cm³/mol. The Kier molecular flexibility index (Phi) is 8.05. The third kappa shape index (κ3) is 5.59. The second kappa shape index (κ2) is 11.2. The molecule has 2 aliphatic rings. The van der Waals surface area contributed by atoms with E-state index in [0.717, 1.165) is 54.7 Å². The number of nitrogens with zero attached hydrogens (tertiary/aromatic N) is 2. The molecular weight excluding hydrogens is 502 g/mol. The zero-order chi connectivity index (χ0) is 23.2. The number of ether oxygens (including phenoxy) is 2. The van der Waals surface area contributed by atoms with Gasteiger partial charge in [0, 0.05) is 17.1 Å². The van der Waals surface area contributed by atoms with Crippen LogP contribution in [-0.4, -0.2) is 31.9 Å². The molecule has 6 nitrogen and oxygen atoms in total. The van der Waals surface area contributed by atoms with Crippen LogP contribution in [0.1, 0.15) is 71.3 Å². The summed E-state index contributed by atoms with van der Waals surface area (Å²) >= 11 is 5.13. The van der Waals surface area contributed by atoms with E-state index in [4.69, 9.17) is 19.7 Å². The van der Waals surface area contributed by atoms with Crippen LogP contribution in [0.5, 0.6) is 11.5 Å². The van der Waals surface area contributed by atoms with Gasteiger partial charge in [0.15, 0.2) is 18.1 Å². The van der Waals surface area contributed by atoms with Crippen molar-refractivity contribution in [2.75, 3.05) is 13.7 Å². The lowest BCUT2D eigenvalue weighted by Gasteiger charge is -2.23. The van der Waals surface area contributed by atoms with Gasteiger partial charge in [-0.1, -0.05) is 19.3 Å². The van der Waals surface area contributed by atoms with Gasteiger partial charge in [-0.15, -0.1) is 11.3 Å². The number of hydrogen-bond donors (Lipinski definition) is 1. The number of nitrogens with one attached hydrogen (secondary N) is 1. The summed E-state index contributed by atoms with van der Waals surface area (Å²) in [7, 11) is 1.56. The Labute approximate surface area is 207 Å². The summed E-state index contributed by atoms with van der Waals surface area (Å²) in [5.74, 6) is 1.02. The van der Waals surface area contributed by atoms with Crippen LogP contribution in [0.25, 0.3) is 0 Å². The van der Waals surface area contributed by atoms with E-state index in [0.29, 0.717) is 16.0 Å². The van der Waals surface area contributed by atoms with Crippen molar-refractivity contribution in [2.24, 2.45) is 4.99 Å². The number of rotatable bonds is 7. The van der Waals surface area contributed by atoms with Crippen molar-refractivity contribution in [1.29, 1.82) is 5.26 Å². The molecule has 8 heteroatoms. The molecule has 1 saturated carbocycles. The van der Waals surface area contributed by atoms with Gasteiger partial charge >= 0.3 is 0 Å². The number of halogens is 1. The van der Waals surface area contributed by atoms with Crippen LogP contribution in [0.2, 0.25) is 0 Å². The Bertz CT molecular complexity index is 1080. The zero-order valence-corrected chi connectivity index (χ0v) is 21.2. The number of benzene rings is 1. The number of methoxy groups -OCH3 is 1. The highest BCUT2D eigenvalue weighted by Gasteiger charge is 2.27. The molecular formula is C25H28BrN3O3S. The summed E-state index contributed by atoms with van der Waals surface area (Å²) in [6, 6.07) is 5.92. The fourth-order valence-electron chi connectivity index (χ4n) is 4.57. The van der Waals surface area contributed by atoms with E-state index < -0.39 is 0 Å². The second-order valence-corrected chi connectivity index (χ2v) is 10.4. The highest BCUT2D eigenvalue weighted by atomic mass is 79.9. The topological polar surface area (TPSA) is 83.7 Å². The molecule has 1 amide bonds. The summed E-state index contributed by atoms with van der Waals surface area (Å²) in [6.45, 7) is -0.0669. The van der Waals surface area contributed by atoms with Crippen LogP contribution in [0, 0.1) is 11.3 Å². The lowest BCUT2D eigenvalue weighted by molar-refractivity contribution is 0.0927. The second-order valence-electron chi connectivity index (χ2n) is 8.44. The maximum atomic E-state index is 13.3. The molecule has 0 atom stereocenters. The number of aliphatic imine (C=N–C) groups is 1. The van der Waals surface area contributed by atoms with Gasteiger partial charge in [-0.05, 0) is 77.7 Å². The highest BCUT2D eigenvalue weighted by Crippen LogP contribution is 2.41. The van der Waals surface area contributed by atoms with Crippen LogP contribution in [0.4, 0.5) is 5.00 Å². The summed E-state index contributed by atoms with van der Waals surface area (Å²) in [6.07, 6.45) is 11.7. The quantitative estimate of drug-likeness (QED) is 0.438. The van der Waals surface area contributed by atoms with Gasteiger partial charge in [0.05, 0.1) is 17.1 Å². The largest absolute Gasteiger partial charge is 0.493 e. The lowest BCUT2D eigenvalue weighted by Crippen LogP contribution is -2.36. The molecule has 0 aliphatic heterocycles. The number of nitriles is 1. The molecule has 1 fully saturated rings. The average molecular weight is 530 g/mol. The summed E-state index contributed by atoms with van der Waals surface area (Å²) in [5.41, 5.74) is 2.76. The SMILES string of the molecule is COc1cc(C=Nc2sc3c(c2C(=O)NC2CCCCC2)CCCC3)cc(Br)c1OCC#N. The van der Waals surface area contributed by atoms with Crippen molar-refractivity contribution in [3.8, 4) is 17.6 Å². The third-order valence-corrected chi connectivity index (χ3v) is 7.97. The minimum absolute atomic E-state index is 0.0208. The van der Waals surface area contributed by atoms with Crippen molar-refractivity contribution in [3.63, 3.8) is 0 Å². The fourth-order valence-corrected chi connectivity index (χ4v) is 6.38. The van der Waals surface area contributed by atoms with Crippen molar-refractivity contribution < 1.29 is 14.3 Å². The standard InChI is InChI=1S/C25H28BrN3O3S/c1-31-20-14-16(13-19(26)23(20)32-12-11-27)15-28-25-22(18-9-5-6-10-21(18)33-25)24(30)29-17-7-3-2-4-8-17/h13-15,17H,2-10,12H2,1H3,(H,29,30). The number of hydrogen-bond acceptors (Lipinski definition) is 6. The van der Waals surface area contributed by atoms with E-state index in [-0.39, 0.29) is 18.6 Å². The van der Waals surface area contributed by atoms with Crippen LogP contribution >= 0.6 is 27.3 Å². The van der Waals surface area contributed by atoms with Gasteiger partial charge in [-0.2, -0.15) is 5.26 Å². The molecule has 0 radical (unpaired) electrons. The minimum atomic E-state index is -0.0669. The Hall–Kier alpha value is -2.37. The molecule has 33 heavy (non-hydrogen) atoms. The fraction of sp³-hybridized carbons (Fsp3) is 0.480. The Balaban J connectivity index is 1.62. The molecule has 4 rings (SSSR count). The maximum absolute atomic E-state index is 13.3. The molecule has 0 spiro atoms. The molecule has 0 unspecified atom stereocenters. The van der Waals surface area contributed by atoms with Gasteiger partial charge in [0.1, 0.15) is 11.1 Å². The first-order valence-electron chi connectivity index (χ1n) is 11.5. The van der Waals surface area contributed by atoms with Crippen molar-refractivity contribution in [3.05, 3.63) is 38.2 Å². The summed E-state index contributed by atoms with van der Waals surface area (Å²) in [4.78, 5) is 19.4. The summed E-state index contributed by atoms with van der Waals surface area (Å²) < 4.78 is 11.6. The normalized spacial score (nSPS) is 16.3. The van der Waals surface area contributed by atoms with Crippen molar-refractivity contribution in [2.45, 2.75) is 63.8 Å². The van der Waals surface area contributed by atoms with E-state index in [1.807, 2.05) is 18.2 Å². The zero-order valence-electron chi connectivity index (χ0n) is 18.8. The average Bonchev–Trinajstić information content (AvgIpc) is 3.21. The van der Waals surface area contributed by atoms with Crippen LogP contribution < -0.4 is 14.8 Å². The number of amides is 1. The van der Waals surface area contributed by atoms with E-state index in [1.165, 1.54) is 29.7 Å². The van der Waals surface area contributed by atoms with E-state index in [1.54, 1.807) is 24.7 Å². The number of carbonyl (C=O) groups excluding carboxylic acids is 1. The van der Waals surface area contributed by atoms with Crippen molar-refractivity contribution in [1.82, 2.24) is 5.32 Å². The Morgan fingerprint density at radius 3 is 2.82 bits per heavy atom. The third-order valence-electron chi connectivity index (χ3n) is 6.18. The minimum Gasteiger partial charge on any atom is -0.493 e. The van der Waals surface area contributed by atoms with Gasteiger partial charge in [0.2, 0.25) is 0 Å². The molecule has 2 aromatic rings. The smallest absolute Gasteiger partial charge is 0.254 e. The van der Waals surface area contributed by atoms with Crippen LogP contribution in [0.15, 0.2) is 21.6 Å². The van der Waals surface area contributed by atoms with E-state index in [9.17, 15) is 4.79 Å². The number of aryl methyl sites for hydroxylation is 1. The monoisotopic (exact) mass is 529 g/mol. The van der Waals surface area contributed by atoms with Gasteiger partial charge in [0.25, 0.3) is 5.91 Å². The first kappa shape index (κ1) is 23.8. The lowest BCUT2D eigenvalue weighted by atomic mass is 9.93.